The number of ether oxygens (including phenoxy) is 2. The van der Waals surface area contributed by atoms with Crippen molar-refractivity contribution < 1.29 is 9.47 Å². The first-order valence-electron chi connectivity index (χ1n) is 8.09. The lowest BCUT2D eigenvalue weighted by Crippen LogP contribution is -2.64. The van der Waals surface area contributed by atoms with E-state index in [1.807, 2.05) is 36.4 Å². The number of nitrogens with one attached hydrogen (secondary N) is 1. The molecule has 2 atom stereocenters. The van der Waals surface area contributed by atoms with Crippen LogP contribution in [0, 0.1) is 0 Å². The van der Waals surface area contributed by atoms with Crippen molar-refractivity contribution >= 4 is 17.3 Å². The van der Waals surface area contributed by atoms with Crippen LogP contribution in [0.5, 0.6) is 11.5 Å². The van der Waals surface area contributed by atoms with Gasteiger partial charge in [0.05, 0.1) is 19.7 Å². The van der Waals surface area contributed by atoms with E-state index in [4.69, 9.17) is 21.7 Å². The van der Waals surface area contributed by atoms with Gasteiger partial charge in [-0.15, -0.1) is 0 Å². The number of rotatable bonds is 3. The van der Waals surface area contributed by atoms with Crippen molar-refractivity contribution in [2.24, 2.45) is 0 Å². The molecule has 0 spiro atoms. The number of hydrogen-bond acceptors (Lipinski definition) is 3. The Morgan fingerprint density at radius 1 is 1.25 bits per heavy atom. The third kappa shape index (κ3) is 2.40. The molecular weight excluding hydrogens is 320 g/mol. The van der Waals surface area contributed by atoms with Crippen LogP contribution in [0.1, 0.15) is 30.5 Å². The fourth-order valence-electron chi connectivity index (χ4n) is 3.61. The molecule has 4 rings (SSSR count). The summed E-state index contributed by atoms with van der Waals surface area (Å²) in [6, 6.07) is 16.4. The average molecular weight is 340 g/mol. The standard InChI is InChI=1S/C19H20N2O2S/c1-19-11-15(14-8-4-6-10-17(14)23-19)20-18(24)21(19)12-13-7-3-5-9-16(13)22-2/h3-10,15H,11-12H2,1-2H3,(H,20,24). The Bertz CT molecular complexity index is 794. The lowest BCUT2D eigenvalue weighted by molar-refractivity contribution is -0.0723. The topological polar surface area (TPSA) is 33.7 Å². The molecule has 5 heteroatoms. The van der Waals surface area contributed by atoms with Crippen LogP contribution in [-0.4, -0.2) is 22.8 Å². The van der Waals surface area contributed by atoms with Gasteiger partial charge in [0, 0.05) is 17.5 Å². The van der Waals surface area contributed by atoms with Crippen LogP contribution in [0.25, 0.3) is 0 Å². The number of hydrogen-bond donors (Lipinski definition) is 1. The third-order valence-electron chi connectivity index (χ3n) is 4.84. The van der Waals surface area contributed by atoms with E-state index in [1.54, 1.807) is 7.11 Å². The van der Waals surface area contributed by atoms with E-state index in [9.17, 15) is 0 Å². The van der Waals surface area contributed by atoms with Crippen LogP contribution in [0.2, 0.25) is 0 Å². The molecule has 0 aromatic heterocycles. The zero-order chi connectivity index (χ0) is 16.7. The van der Waals surface area contributed by atoms with Crippen molar-refractivity contribution in [3.05, 3.63) is 59.7 Å². The minimum absolute atomic E-state index is 0.196. The first kappa shape index (κ1) is 15.3. The second-order valence-corrected chi connectivity index (χ2v) is 6.81. The van der Waals surface area contributed by atoms with Crippen molar-refractivity contribution in [1.82, 2.24) is 10.2 Å². The fourth-order valence-corrected chi connectivity index (χ4v) is 4.01. The molecule has 0 saturated carbocycles. The lowest BCUT2D eigenvalue weighted by atomic mass is 9.90. The van der Waals surface area contributed by atoms with Crippen LogP contribution in [0.4, 0.5) is 0 Å². The van der Waals surface area contributed by atoms with Crippen LogP contribution in [-0.2, 0) is 6.54 Å². The van der Waals surface area contributed by atoms with Crippen molar-refractivity contribution in [3.8, 4) is 11.5 Å². The van der Waals surface area contributed by atoms with Gasteiger partial charge in [0.15, 0.2) is 10.8 Å². The predicted octanol–water partition coefficient (Wildman–Crippen LogP) is 3.63. The van der Waals surface area contributed by atoms with Crippen molar-refractivity contribution in [2.45, 2.75) is 31.7 Å². The molecule has 1 fully saturated rings. The van der Waals surface area contributed by atoms with Crippen LogP contribution in [0.3, 0.4) is 0 Å². The molecule has 24 heavy (non-hydrogen) atoms. The molecule has 2 aromatic rings. The van der Waals surface area contributed by atoms with E-state index in [2.05, 4.69) is 29.3 Å². The van der Waals surface area contributed by atoms with E-state index in [1.165, 1.54) is 5.56 Å². The minimum Gasteiger partial charge on any atom is -0.496 e. The monoisotopic (exact) mass is 340 g/mol. The molecule has 2 bridgehead atoms. The maximum Gasteiger partial charge on any atom is 0.184 e. The maximum absolute atomic E-state index is 6.38. The van der Waals surface area contributed by atoms with Crippen molar-refractivity contribution in [1.29, 1.82) is 0 Å². The highest BCUT2D eigenvalue weighted by Gasteiger charge is 2.47. The normalized spacial score (nSPS) is 24.7. The molecule has 0 aliphatic carbocycles. The smallest absolute Gasteiger partial charge is 0.184 e. The highest BCUT2D eigenvalue weighted by molar-refractivity contribution is 7.80. The summed E-state index contributed by atoms with van der Waals surface area (Å²) in [7, 11) is 1.69. The summed E-state index contributed by atoms with van der Waals surface area (Å²) in [6.45, 7) is 2.75. The Labute approximate surface area is 147 Å². The van der Waals surface area contributed by atoms with Gasteiger partial charge in [0.25, 0.3) is 0 Å². The van der Waals surface area contributed by atoms with Gasteiger partial charge in [0.1, 0.15) is 11.5 Å². The lowest BCUT2D eigenvalue weighted by Gasteiger charge is -2.52. The number of methoxy groups -OCH3 is 1. The molecule has 1 N–H and O–H groups in total. The minimum atomic E-state index is -0.470. The van der Waals surface area contributed by atoms with E-state index in [-0.39, 0.29) is 6.04 Å². The van der Waals surface area contributed by atoms with Gasteiger partial charge < -0.3 is 19.7 Å². The summed E-state index contributed by atoms with van der Waals surface area (Å²) in [5.74, 6) is 1.79. The molecule has 2 heterocycles. The molecular formula is C19H20N2O2S. The predicted molar refractivity (Wildman–Crippen MR) is 97.1 cm³/mol. The molecule has 4 nitrogen and oxygen atoms in total. The van der Waals surface area contributed by atoms with E-state index < -0.39 is 5.72 Å². The Morgan fingerprint density at radius 2 is 2.00 bits per heavy atom. The number of nitrogens with zero attached hydrogens (tertiary/aromatic N) is 1. The van der Waals surface area contributed by atoms with Crippen molar-refractivity contribution in [3.63, 3.8) is 0 Å². The second-order valence-electron chi connectivity index (χ2n) is 6.42. The van der Waals surface area contributed by atoms with E-state index in [0.717, 1.165) is 23.5 Å². The molecule has 2 aliphatic rings. The van der Waals surface area contributed by atoms with E-state index in [0.29, 0.717) is 11.7 Å². The van der Waals surface area contributed by atoms with E-state index >= 15 is 0 Å². The molecule has 0 amide bonds. The molecule has 2 aliphatic heterocycles. The van der Waals surface area contributed by atoms with Crippen molar-refractivity contribution in [2.75, 3.05) is 7.11 Å². The quantitative estimate of drug-likeness (QED) is 0.863. The van der Waals surface area contributed by atoms with Gasteiger partial charge in [-0.1, -0.05) is 36.4 Å². The third-order valence-corrected chi connectivity index (χ3v) is 5.18. The van der Waals surface area contributed by atoms with Gasteiger partial charge in [-0.2, -0.15) is 0 Å². The highest BCUT2D eigenvalue weighted by atomic mass is 32.1. The average Bonchev–Trinajstić information content (AvgIpc) is 2.58. The summed E-state index contributed by atoms with van der Waals surface area (Å²) < 4.78 is 11.9. The second kappa shape index (κ2) is 5.67. The Hall–Kier alpha value is -2.27. The van der Waals surface area contributed by atoms with Crippen LogP contribution >= 0.6 is 12.2 Å². The van der Waals surface area contributed by atoms with Crippen LogP contribution in [0.15, 0.2) is 48.5 Å². The van der Waals surface area contributed by atoms with Crippen LogP contribution < -0.4 is 14.8 Å². The van der Waals surface area contributed by atoms with Gasteiger partial charge in [-0.25, -0.2) is 0 Å². The number of fused-ring (bicyclic) bond motifs is 4. The number of thiocarbonyl (C=S) groups is 1. The maximum atomic E-state index is 6.38. The summed E-state index contributed by atoms with van der Waals surface area (Å²) in [4.78, 5) is 2.12. The zero-order valence-electron chi connectivity index (χ0n) is 13.8. The first-order chi connectivity index (χ1) is 11.6. The first-order valence-corrected chi connectivity index (χ1v) is 8.49. The summed E-state index contributed by atoms with van der Waals surface area (Å²) in [5, 5.41) is 4.19. The molecule has 124 valence electrons. The summed E-state index contributed by atoms with van der Waals surface area (Å²) in [5.41, 5.74) is 1.79. The largest absolute Gasteiger partial charge is 0.496 e. The summed E-state index contributed by atoms with van der Waals surface area (Å²) >= 11 is 5.66. The Morgan fingerprint density at radius 3 is 2.83 bits per heavy atom. The molecule has 0 radical (unpaired) electrons. The molecule has 1 saturated heterocycles. The number of benzene rings is 2. The Balaban J connectivity index is 1.69. The Kier molecular flexibility index (Phi) is 3.61. The van der Waals surface area contributed by atoms with Gasteiger partial charge in [-0.3, -0.25) is 0 Å². The van der Waals surface area contributed by atoms with Gasteiger partial charge >= 0.3 is 0 Å². The van der Waals surface area contributed by atoms with Gasteiger partial charge in [0.2, 0.25) is 0 Å². The molecule has 2 unspecified atom stereocenters. The zero-order valence-corrected chi connectivity index (χ0v) is 14.6. The van der Waals surface area contributed by atoms with Gasteiger partial charge in [-0.05, 0) is 31.3 Å². The summed E-state index contributed by atoms with van der Waals surface area (Å²) in [6.07, 6.45) is 0.847. The molecule has 2 aromatic carbocycles. The SMILES string of the molecule is COc1ccccc1CN1C(=S)NC2CC1(C)Oc1ccccc12. The fraction of sp³-hybridized carbons (Fsp3) is 0.316. The number of para-hydroxylation sites is 2. The highest BCUT2D eigenvalue weighted by Crippen LogP contribution is 2.44.